The lowest BCUT2D eigenvalue weighted by atomic mass is 9.95. The topological polar surface area (TPSA) is 32.3 Å². The molecule has 0 spiro atoms. The molecule has 0 aliphatic carbocycles. The Bertz CT molecular complexity index is 240. The van der Waals surface area contributed by atoms with Crippen molar-refractivity contribution in [1.29, 1.82) is 0 Å². The summed E-state index contributed by atoms with van der Waals surface area (Å²) in [5, 5.41) is 3.42. The summed E-state index contributed by atoms with van der Waals surface area (Å²) < 4.78 is 0. The Kier molecular flexibility index (Phi) is 5.96. The van der Waals surface area contributed by atoms with Gasteiger partial charge < -0.3 is 10.2 Å². The second-order valence-corrected chi connectivity index (χ2v) is 5.82. The van der Waals surface area contributed by atoms with Crippen molar-refractivity contribution in [3.05, 3.63) is 0 Å². The molecule has 0 aromatic carbocycles. The van der Waals surface area contributed by atoms with Crippen molar-refractivity contribution in [2.24, 2.45) is 17.8 Å². The van der Waals surface area contributed by atoms with Crippen LogP contribution in [0.3, 0.4) is 0 Å². The zero-order valence-corrected chi connectivity index (χ0v) is 11.8. The molecule has 0 aromatic heterocycles. The highest BCUT2D eigenvalue weighted by atomic mass is 16.2. The molecule has 1 amide bonds. The van der Waals surface area contributed by atoms with Crippen LogP contribution in [0.5, 0.6) is 0 Å². The van der Waals surface area contributed by atoms with E-state index in [1.807, 2.05) is 0 Å². The highest BCUT2D eigenvalue weighted by Crippen LogP contribution is 2.25. The molecule has 1 saturated heterocycles. The van der Waals surface area contributed by atoms with E-state index in [-0.39, 0.29) is 0 Å². The molecular weight excluding hydrogens is 212 g/mol. The van der Waals surface area contributed by atoms with Gasteiger partial charge in [0.05, 0.1) is 0 Å². The molecular formula is C14H28N2O. The number of rotatable bonds is 7. The van der Waals surface area contributed by atoms with Crippen molar-refractivity contribution in [3.8, 4) is 0 Å². The fourth-order valence-electron chi connectivity index (χ4n) is 2.39. The van der Waals surface area contributed by atoms with Crippen LogP contribution in [0.1, 0.15) is 40.5 Å². The lowest BCUT2D eigenvalue weighted by molar-refractivity contribution is -0.128. The van der Waals surface area contributed by atoms with Crippen molar-refractivity contribution < 1.29 is 4.79 Å². The zero-order chi connectivity index (χ0) is 12.8. The van der Waals surface area contributed by atoms with Crippen molar-refractivity contribution in [3.63, 3.8) is 0 Å². The average molecular weight is 240 g/mol. The Hall–Kier alpha value is -0.570. The van der Waals surface area contributed by atoms with Crippen molar-refractivity contribution >= 4 is 5.91 Å². The van der Waals surface area contributed by atoms with Crippen LogP contribution in [-0.4, -0.2) is 37.0 Å². The van der Waals surface area contributed by atoms with Crippen molar-refractivity contribution in [1.82, 2.24) is 10.2 Å². The molecule has 0 aromatic rings. The van der Waals surface area contributed by atoms with Crippen molar-refractivity contribution in [2.45, 2.75) is 40.5 Å². The van der Waals surface area contributed by atoms with Crippen LogP contribution in [0.15, 0.2) is 0 Å². The van der Waals surface area contributed by atoms with Crippen LogP contribution in [-0.2, 0) is 4.79 Å². The fourth-order valence-corrected chi connectivity index (χ4v) is 2.39. The van der Waals surface area contributed by atoms with Gasteiger partial charge in [0.25, 0.3) is 0 Å². The van der Waals surface area contributed by atoms with E-state index in [0.717, 1.165) is 32.6 Å². The molecule has 1 heterocycles. The number of nitrogens with one attached hydrogen (secondary N) is 1. The van der Waals surface area contributed by atoms with Gasteiger partial charge in [-0.15, -0.1) is 0 Å². The summed E-state index contributed by atoms with van der Waals surface area (Å²) >= 11 is 0. The molecule has 3 nitrogen and oxygen atoms in total. The number of carbonyl (C=O) groups is 1. The summed E-state index contributed by atoms with van der Waals surface area (Å²) in [7, 11) is 0. The Balaban J connectivity index is 2.29. The predicted octanol–water partition coefficient (Wildman–Crippen LogP) is 2.13. The first-order valence-corrected chi connectivity index (χ1v) is 7.03. The van der Waals surface area contributed by atoms with Gasteiger partial charge in [-0.2, -0.15) is 0 Å². The maximum atomic E-state index is 11.9. The molecule has 1 aliphatic rings. The summed E-state index contributed by atoms with van der Waals surface area (Å²) in [4.78, 5) is 13.9. The molecule has 0 saturated carbocycles. The minimum Gasteiger partial charge on any atom is -0.342 e. The second kappa shape index (κ2) is 7.00. The van der Waals surface area contributed by atoms with Gasteiger partial charge in [-0.1, -0.05) is 27.7 Å². The van der Waals surface area contributed by atoms with Crippen LogP contribution in [0.25, 0.3) is 0 Å². The third kappa shape index (κ3) is 4.66. The van der Waals surface area contributed by atoms with Gasteiger partial charge in [-0.25, -0.2) is 0 Å². The van der Waals surface area contributed by atoms with E-state index in [1.54, 1.807) is 0 Å². The quantitative estimate of drug-likeness (QED) is 0.691. The summed E-state index contributed by atoms with van der Waals surface area (Å²) in [5.74, 6) is 2.10. The van der Waals surface area contributed by atoms with Crippen LogP contribution in [0.4, 0.5) is 0 Å². The normalized spacial score (nSPS) is 22.5. The summed E-state index contributed by atoms with van der Waals surface area (Å²) in [6.07, 6.45) is 1.93. The Morgan fingerprint density at radius 1 is 1.41 bits per heavy atom. The zero-order valence-electron chi connectivity index (χ0n) is 11.8. The second-order valence-electron chi connectivity index (χ2n) is 5.82. The third-order valence-electron chi connectivity index (χ3n) is 3.64. The van der Waals surface area contributed by atoms with E-state index >= 15 is 0 Å². The SMILES string of the molecule is CCCNCC(C)CN1CC(C(C)C)CC1=O. The number of likely N-dealkylation sites (tertiary alicyclic amines) is 1. The maximum Gasteiger partial charge on any atom is 0.222 e. The fraction of sp³-hybridized carbons (Fsp3) is 0.929. The number of nitrogens with zero attached hydrogens (tertiary/aromatic N) is 1. The van der Waals surface area contributed by atoms with E-state index in [4.69, 9.17) is 0 Å². The van der Waals surface area contributed by atoms with Crippen LogP contribution in [0, 0.1) is 17.8 Å². The van der Waals surface area contributed by atoms with Gasteiger partial charge in [0.1, 0.15) is 0 Å². The van der Waals surface area contributed by atoms with Crippen LogP contribution in [0.2, 0.25) is 0 Å². The smallest absolute Gasteiger partial charge is 0.222 e. The van der Waals surface area contributed by atoms with Crippen LogP contribution >= 0.6 is 0 Å². The van der Waals surface area contributed by atoms with Crippen LogP contribution < -0.4 is 5.32 Å². The molecule has 3 heteroatoms. The number of hydrogen-bond acceptors (Lipinski definition) is 2. The van der Waals surface area contributed by atoms with E-state index < -0.39 is 0 Å². The highest BCUT2D eigenvalue weighted by molar-refractivity contribution is 5.78. The summed E-state index contributed by atoms with van der Waals surface area (Å²) in [6, 6.07) is 0. The van der Waals surface area contributed by atoms with Gasteiger partial charge >= 0.3 is 0 Å². The van der Waals surface area contributed by atoms with Gasteiger partial charge in [-0.05, 0) is 37.3 Å². The predicted molar refractivity (Wildman–Crippen MR) is 71.8 cm³/mol. The molecule has 2 unspecified atom stereocenters. The minimum absolute atomic E-state index is 0.353. The first kappa shape index (κ1) is 14.5. The van der Waals surface area contributed by atoms with Gasteiger partial charge in [0.2, 0.25) is 5.91 Å². The monoisotopic (exact) mass is 240 g/mol. The van der Waals surface area contributed by atoms with E-state index in [2.05, 4.69) is 37.9 Å². The largest absolute Gasteiger partial charge is 0.342 e. The molecule has 17 heavy (non-hydrogen) atoms. The van der Waals surface area contributed by atoms with E-state index in [1.165, 1.54) is 6.42 Å². The maximum absolute atomic E-state index is 11.9. The molecule has 2 atom stereocenters. The van der Waals surface area contributed by atoms with Crippen molar-refractivity contribution in [2.75, 3.05) is 26.2 Å². The third-order valence-corrected chi connectivity index (χ3v) is 3.64. The number of hydrogen-bond donors (Lipinski definition) is 1. The highest BCUT2D eigenvalue weighted by Gasteiger charge is 2.31. The molecule has 1 rings (SSSR count). The van der Waals surface area contributed by atoms with Gasteiger partial charge in [-0.3, -0.25) is 4.79 Å². The molecule has 1 N–H and O–H groups in total. The summed E-state index contributed by atoms with van der Waals surface area (Å²) in [6.45, 7) is 12.8. The Morgan fingerprint density at radius 2 is 2.12 bits per heavy atom. The molecule has 0 bridgehead atoms. The minimum atomic E-state index is 0.353. The molecule has 0 radical (unpaired) electrons. The Morgan fingerprint density at radius 3 is 2.65 bits per heavy atom. The average Bonchev–Trinajstić information content (AvgIpc) is 2.61. The van der Waals surface area contributed by atoms with E-state index in [9.17, 15) is 4.79 Å². The standard InChI is InChI=1S/C14H28N2O/c1-5-6-15-8-12(4)9-16-10-13(11(2)3)7-14(16)17/h11-13,15H,5-10H2,1-4H3. The number of carbonyl (C=O) groups excluding carboxylic acids is 1. The first-order valence-electron chi connectivity index (χ1n) is 7.03. The van der Waals surface area contributed by atoms with E-state index in [0.29, 0.717) is 23.7 Å². The number of amides is 1. The molecule has 1 fully saturated rings. The lowest BCUT2D eigenvalue weighted by Gasteiger charge is -2.22. The lowest BCUT2D eigenvalue weighted by Crippen LogP contribution is -2.34. The molecule has 100 valence electrons. The van der Waals surface area contributed by atoms with Gasteiger partial charge in [0.15, 0.2) is 0 Å². The summed E-state index contributed by atoms with van der Waals surface area (Å²) in [5.41, 5.74) is 0. The first-order chi connectivity index (χ1) is 8.04. The Labute approximate surface area is 106 Å². The van der Waals surface area contributed by atoms with Gasteiger partial charge in [0, 0.05) is 19.5 Å². The molecule has 1 aliphatic heterocycles.